The first-order valence-corrected chi connectivity index (χ1v) is 8.29. The number of halogens is 1. The monoisotopic (exact) mass is 324 g/mol. The van der Waals surface area contributed by atoms with Gasteiger partial charge in [0.2, 0.25) is 0 Å². The Morgan fingerprint density at radius 1 is 1.10 bits per heavy atom. The number of benzene rings is 1. The molecule has 112 valence electrons. The van der Waals surface area contributed by atoms with E-state index in [-0.39, 0.29) is 16.1 Å². The summed E-state index contributed by atoms with van der Waals surface area (Å²) in [5.41, 5.74) is 1.05. The first kappa shape index (κ1) is 15.8. The van der Waals surface area contributed by atoms with Gasteiger partial charge >= 0.3 is 0 Å². The first-order valence-electron chi connectivity index (χ1n) is 6.43. The maximum atomic E-state index is 12.3. The maximum absolute atomic E-state index is 12.3. The van der Waals surface area contributed by atoms with Gasteiger partial charge in [-0.15, -0.1) is 0 Å². The summed E-state index contributed by atoms with van der Waals surface area (Å²) in [4.78, 5) is 4.12. The summed E-state index contributed by atoms with van der Waals surface area (Å²) >= 11 is 5.82. The lowest BCUT2D eigenvalue weighted by Gasteiger charge is -2.19. The van der Waals surface area contributed by atoms with Crippen LogP contribution in [0.2, 0.25) is 5.02 Å². The molecule has 1 N–H and O–H groups in total. The highest BCUT2D eigenvalue weighted by Gasteiger charge is 2.18. The largest absolute Gasteiger partial charge is 0.263 e. The summed E-state index contributed by atoms with van der Waals surface area (Å²) in [5, 5.41) is 0.422. The molecule has 0 saturated carbocycles. The van der Waals surface area contributed by atoms with E-state index in [2.05, 4.69) is 30.5 Å². The molecule has 4 nitrogen and oxygen atoms in total. The second-order valence-corrected chi connectivity index (χ2v) is 7.86. The van der Waals surface area contributed by atoms with Crippen LogP contribution in [0.1, 0.15) is 26.3 Å². The molecule has 0 aliphatic rings. The third-order valence-electron chi connectivity index (χ3n) is 2.99. The molecule has 0 fully saturated rings. The molecule has 0 bridgehead atoms. The van der Waals surface area contributed by atoms with E-state index in [0.717, 1.165) is 5.56 Å². The zero-order valence-electron chi connectivity index (χ0n) is 12.1. The summed E-state index contributed by atoms with van der Waals surface area (Å²) in [6.07, 6.45) is 1.45. The van der Waals surface area contributed by atoms with Crippen molar-refractivity contribution in [3.8, 4) is 0 Å². The minimum atomic E-state index is -3.66. The Kier molecular flexibility index (Phi) is 4.25. The average Bonchev–Trinajstić information content (AvgIpc) is 2.37. The van der Waals surface area contributed by atoms with Crippen molar-refractivity contribution in [1.29, 1.82) is 0 Å². The van der Waals surface area contributed by atoms with Crippen LogP contribution in [0.4, 0.5) is 5.82 Å². The summed E-state index contributed by atoms with van der Waals surface area (Å²) in [6, 6.07) is 9.86. The van der Waals surface area contributed by atoms with Crippen molar-refractivity contribution < 1.29 is 8.42 Å². The standard InChI is InChI=1S/C15H17ClN2O2S/c1-15(2,3)11-4-6-13(7-5-11)21(19,20)18-14-10-12(16)8-9-17-14/h4-10H,1-3H3,(H,17,18). The topological polar surface area (TPSA) is 59.1 Å². The third-order valence-corrected chi connectivity index (χ3v) is 4.60. The normalized spacial score (nSPS) is 12.2. The molecule has 0 spiro atoms. The van der Waals surface area contributed by atoms with E-state index in [1.807, 2.05) is 12.1 Å². The summed E-state index contributed by atoms with van der Waals surface area (Å²) in [7, 11) is -3.66. The fourth-order valence-corrected chi connectivity index (χ4v) is 2.95. The van der Waals surface area contributed by atoms with E-state index in [4.69, 9.17) is 11.6 Å². The molecule has 0 saturated heterocycles. The second-order valence-electron chi connectivity index (χ2n) is 5.74. The molecule has 0 unspecified atom stereocenters. The molecule has 1 heterocycles. The maximum Gasteiger partial charge on any atom is 0.263 e. The molecular formula is C15H17ClN2O2S. The number of hydrogen-bond donors (Lipinski definition) is 1. The van der Waals surface area contributed by atoms with Gasteiger partial charge in [0.25, 0.3) is 10.0 Å². The highest BCUT2D eigenvalue weighted by atomic mass is 35.5. The van der Waals surface area contributed by atoms with Gasteiger partial charge in [0.15, 0.2) is 0 Å². The van der Waals surface area contributed by atoms with E-state index in [0.29, 0.717) is 5.02 Å². The number of nitrogens with one attached hydrogen (secondary N) is 1. The van der Waals surface area contributed by atoms with Crippen LogP contribution < -0.4 is 4.72 Å². The van der Waals surface area contributed by atoms with Crippen LogP contribution in [0.3, 0.4) is 0 Å². The molecule has 0 aliphatic heterocycles. The van der Waals surface area contributed by atoms with E-state index >= 15 is 0 Å². The number of sulfonamides is 1. The zero-order valence-corrected chi connectivity index (χ0v) is 13.7. The molecule has 2 rings (SSSR count). The number of aromatic nitrogens is 1. The Labute approximate surface area is 130 Å². The van der Waals surface area contributed by atoms with Gasteiger partial charge in [0.1, 0.15) is 5.82 Å². The van der Waals surface area contributed by atoms with E-state index in [1.54, 1.807) is 18.2 Å². The molecule has 1 aromatic heterocycles. The van der Waals surface area contributed by atoms with Crippen LogP contribution in [0.25, 0.3) is 0 Å². The van der Waals surface area contributed by atoms with E-state index < -0.39 is 10.0 Å². The molecule has 1 aromatic carbocycles. The van der Waals surface area contributed by atoms with Gasteiger partial charge in [-0.2, -0.15) is 0 Å². The summed E-state index contributed by atoms with van der Waals surface area (Å²) in [5.74, 6) is 0.197. The first-order chi connectivity index (χ1) is 9.68. The summed E-state index contributed by atoms with van der Waals surface area (Å²) in [6.45, 7) is 6.22. The van der Waals surface area contributed by atoms with Crippen LogP contribution >= 0.6 is 11.6 Å². The Hall–Kier alpha value is -1.59. The number of nitrogens with zero attached hydrogens (tertiary/aromatic N) is 1. The highest BCUT2D eigenvalue weighted by molar-refractivity contribution is 7.92. The lowest BCUT2D eigenvalue weighted by molar-refractivity contribution is 0.587. The van der Waals surface area contributed by atoms with Crippen molar-refractivity contribution in [1.82, 2.24) is 4.98 Å². The van der Waals surface area contributed by atoms with Crippen molar-refractivity contribution in [2.75, 3.05) is 4.72 Å². The van der Waals surface area contributed by atoms with Crippen molar-refractivity contribution in [3.05, 3.63) is 53.2 Å². The van der Waals surface area contributed by atoms with Gasteiger partial charge in [-0.05, 0) is 29.2 Å². The molecule has 0 aliphatic carbocycles. The number of hydrogen-bond acceptors (Lipinski definition) is 3. The molecule has 21 heavy (non-hydrogen) atoms. The van der Waals surface area contributed by atoms with Crippen molar-refractivity contribution >= 4 is 27.4 Å². The van der Waals surface area contributed by atoms with Crippen molar-refractivity contribution in [2.24, 2.45) is 0 Å². The SMILES string of the molecule is CC(C)(C)c1ccc(S(=O)(=O)Nc2cc(Cl)ccn2)cc1. The van der Waals surface area contributed by atoms with Crippen LogP contribution in [-0.2, 0) is 15.4 Å². The fourth-order valence-electron chi connectivity index (χ4n) is 1.79. The Morgan fingerprint density at radius 3 is 2.24 bits per heavy atom. The molecule has 0 atom stereocenters. The predicted molar refractivity (Wildman–Crippen MR) is 85.2 cm³/mol. The Bertz CT molecular complexity index is 735. The Balaban J connectivity index is 2.28. The van der Waals surface area contributed by atoms with Gasteiger partial charge < -0.3 is 0 Å². The third kappa shape index (κ3) is 3.95. The van der Waals surface area contributed by atoms with Crippen LogP contribution in [0.15, 0.2) is 47.5 Å². The lowest BCUT2D eigenvalue weighted by atomic mass is 9.87. The smallest absolute Gasteiger partial charge is 0.263 e. The van der Waals surface area contributed by atoms with Gasteiger partial charge in [-0.25, -0.2) is 13.4 Å². The van der Waals surface area contributed by atoms with Gasteiger partial charge in [0.05, 0.1) is 4.90 Å². The number of anilines is 1. The minimum absolute atomic E-state index is 0.0236. The lowest BCUT2D eigenvalue weighted by Crippen LogP contribution is -2.15. The molecular weight excluding hydrogens is 308 g/mol. The molecule has 6 heteroatoms. The number of rotatable bonds is 3. The minimum Gasteiger partial charge on any atom is -0.263 e. The van der Waals surface area contributed by atoms with E-state index in [1.165, 1.54) is 12.3 Å². The number of pyridine rings is 1. The van der Waals surface area contributed by atoms with Crippen molar-refractivity contribution in [2.45, 2.75) is 31.1 Å². The fraction of sp³-hybridized carbons (Fsp3) is 0.267. The zero-order chi connectivity index (χ0) is 15.7. The van der Waals surface area contributed by atoms with Crippen LogP contribution in [0, 0.1) is 0 Å². The van der Waals surface area contributed by atoms with Crippen molar-refractivity contribution in [3.63, 3.8) is 0 Å². The van der Waals surface area contributed by atoms with Gasteiger partial charge in [-0.3, -0.25) is 4.72 Å². The molecule has 0 amide bonds. The van der Waals surface area contributed by atoms with E-state index in [9.17, 15) is 8.42 Å². The molecule has 0 radical (unpaired) electrons. The van der Waals surface area contributed by atoms with Crippen LogP contribution in [-0.4, -0.2) is 13.4 Å². The van der Waals surface area contributed by atoms with Gasteiger partial charge in [0, 0.05) is 17.3 Å². The van der Waals surface area contributed by atoms with Gasteiger partial charge in [-0.1, -0.05) is 44.5 Å². The Morgan fingerprint density at radius 2 is 1.71 bits per heavy atom. The van der Waals surface area contributed by atoms with Crippen LogP contribution in [0.5, 0.6) is 0 Å². The summed E-state index contributed by atoms with van der Waals surface area (Å²) < 4.78 is 27.0. The average molecular weight is 325 g/mol. The molecule has 2 aromatic rings. The highest BCUT2D eigenvalue weighted by Crippen LogP contribution is 2.24. The predicted octanol–water partition coefficient (Wildman–Crippen LogP) is 3.83. The quantitative estimate of drug-likeness (QED) is 0.933. The second kappa shape index (κ2) is 5.66.